The summed E-state index contributed by atoms with van der Waals surface area (Å²) in [5.74, 6) is 0.728. The molecule has 4 aliphatic rings. The van der Waals surface area contributed by atoms with Gasteiger partial charge in [0.05, 0.1) is 29.3 Å². The van der Waals surface area contributed by atoms with Gasteiger partial charge in [-0.1, -0.05) is 73.2 Å². The Morgan fingerprint density at radius 2 is 1.74 bits per heavy atom. The van der Waals surface area contributed by atoms with E-state index in [0.29, 0.717) is 11.8 Å². The molecule has 0 aromatic heterocycles. The molecule has 2 aliphatic carbocycles. The van der Waals surface area contributed by atoms with Crippen LogP contribution in [-0.2, 0) is 0 Å². The zero-order chi connectivity index (χ0) is 24.0. The normalized spacial score (nSPS) is 28.6. The second-order valence-corrected chi connectivity index (χ2v) is 10.8. The molecule has 1 fully saturated rings. The minimum Gasteiger partial charge on any atom is -0.394 e. The van der Waals surface area contributed by atoms with E-state index in [9.17, 15) is 5.11 Å². The third-order valence-electron chi connectivity index (χ3n) is 7.89. The van der Waals surface area contributed by atoms with Crippen molar-refractivity contribution < 1.29 is 5.11 Å². The zero-order valence-corrected chi connectivity index (χ0v) is 20.6. The molecular formula is C31H33N3O. The predicted molar refractivity (Wildman–Crippen MR) is 143 cm³/mol. The highest BCUT2D eigenvalue weighted by molar-refractivity contribution is 6.22. The van der Waals surface area contributed by atoms with Gasteiger partial charge in [0.1, 0.15) is 5.66 Å². The fraction of sp³-hybridized carbons (Fsp3) is 0.355. The SMILES string of the molecule is CC(C)(CO)N=C1C=CC2=N[C@]34CCCC[C@H]3[C@H](c3ccccc3)C=C(c3ccccc3)N4C2=C1. The predicted octanol–water partition coefficient (Wildman–Crippen LogP) is 6.13. The summed E-state index contributed by atoms with van der Waals surface area (Å²) in [5.41, 5.74) is 6.09. The summed E-state index contributed by atoms with van der Waals surface area (Å²) in [7, 11) is 0. The third kappa shape index (κ3) is 3.71. The van der Waals surface area contributed by atoms with Crippen molar-refractivity contribution in [2.24, 2.45) is 15.9 Å². The number of benzene rings is 2. The molecule has 2 aliphatic heterocycles. The lowest BCUT2D eigenvalue weighted by Gasteiger charge is -2.53. The number of nitrogens with zero attached hydrogens (tertiary/aromatic N) is 3. The Morgan fingerprint density at radius 3 is 2.49 bits per heavy atom. The maximum absolute atomic E-state index is 9.79. The summed E-state index contributed by atoms with van der Waals surface area (Å²) in [6.07, 6.45) is 13.5. The molecule has 0 saturated heterocycles. The standard InChI is InChI=1S/C31H33N3O/c1-30(2,21-35)32-24-16-17-27-29(19-24)34-28(23-13-7-4-8-14-23)20-25(22-11-5-3-6-12-22)26-15-9-10-18-31(26,34)33-27/h3-8,11-14,16-17,19-20,25-26,35H,9-10,15,18,21H2,1-2H3/t25-,26-,31-/m0/s1. The van der Waals surface area contributed by atoms with Crippen LogP contribution in [0.2, 0.25) is 0 Å². The van der Waals surface area contributed by atoms with Gasteiger partial charge >= 0.3 is 0 Å². The first-order valence-corrected chi connectivity index (χ1v) is 12.8. The molecule has 3 atom stereocenters. The average Bonchev–Trinajstić information content (AvgIpc) is 3.21. The number of hydrogen-bond donors (Lipinski definition) is 1. The van der Waals surface area contributed by atoms with E-state index in [-0.39, 0.29) is 12.3 Å². The van der Waals surface area contributed by atoms with Gasteiger partial charge < -0.3 is 10.0 Å². The Balaban J connectivity index is 1.56. The summed E-state index contributed by atoms with van der Waals surface area (Å²) in [5, 5.41) is 9.79. The number of rotatable bonds is 4. The molecule has 2 aromatic rings. The average molecular weight is 464 g/mol. The van der Waals surface area contributed by atoms with Crippen molar-refractivity contribution in [3.8, 4) is 0 Å². The van der Waals surface area contributed by atoms with Gasteiger partial charge in [-0.15, -0.1) is 0 Å². The molecular weight excluding hydrogens is 430 g/mol. The number of aliphatic imine (C=N–C) groups is 2. The van der Waals surface area contributed by atoms with Gasteiger partial charge in [0.15, 0.2) is 0 Å². The number of aliphatic hydroxyl groups excluding tert-OH is 1. The number of allylic oxidation sites excluding steroid dienone is 4. The summed E-state index contributed by atoms with van der Waals surface area (Å²) in [6, 6.07) is 21.7. The largest absolute Gasteiger partial charge is 0.394 e. The van der Waals surface area contributed by atoms with Crippen molar-refractivity contribution in [1.29, 1.82) is 0 Å². The van der Waals surface area contributed by atoms with E-state index < -0.39 is 5.54 Å². The molecule has 0 unspecified atom stereocenters. The van der Waals surface area contributed by atoms with Crippen molar-refractivity contribution >= 4 is 17.1 Å². The van der Waals surface area contributed by atoms with Gasteiger partial charge in [0.25, 0.3) is 0 Å². The van der Waals surface area contributed by atoms with Gasteiger partial charge in [-0.2, -0.15) is 0 Å². The van der Waals surface area contributed by atoms with Gasteiger partial charge in [0, 0.05) is 17.5 Å². The Morgan fingerprint density at radius 1 is 1.00 bits per heavy atom. The van der Waals surface area contributed by atoms with Crippen LogP contribution in [-0.4, -0.2) is 39.2 Å². The Bertz CT molecular complexity index is 1270. The van der Waals surface area contributed by atoms with E-state index in [0.717, 1.165) is 23.5 Å². The molecule has 0 amide bonds. The minimum atomic E-state index is -0.520. The fourth-order valence-electron chi connectivity index (χ4n) is 6.29. The molecule has 2 aromatic carbocycles. The van der Waals surface area contributed by atoms with E-state index >= 15 is 0 Å². The van der Waals surface area contributed by atoms with Crippen LogP contribution in [0.4, 0.5) is 0 Å². The number of hydrogen-bond acceptors (Lipinski definition) is 4. The lowest BCUT2D eigenvalue weighted by atomic mass is 9.66. The second-order valence-electron chi connectivity index (χ2n) is 10.8. The second kappa shape index (κ2) is 8.46. The Hall–Kier alpha value is -3.24. The van der Waals surface area contributed by atoms with E-state index in [1.54, 1.807) is 0 Å². The van der Waals surface area contributed by atoms with Crippen LogP contribution in [0, 0.1) is 5.92 Å². The summed E-state index contributed by atoms with van der Waals surface area (Å²) in [6.45, 7) is 3.94. The van der Waals surface area contributed by atoms with Gasteiger partial charge in [0.2, 0.25) is 0 Å². The van der Waals surface area contributed by atoms with Crippen LogP contribution in [0.1, 0.15) is 56.6 Å². The van der Waals surface area contributed by atoms with Crippen LogP contribution >= 0.6 is 0 Å². The van der Waals surface area contributed by atoms with E-state index in [1.165, 1.54) is 36.1 Å². The summed E-state index contributed by atoms with van der Waals surface area (Å²) in [4.78, 5) is 12.9. The highest BCUT2D eigenvalue weighted by atomic mass is 16.3. The third-order valence-corrected chi connectivity index (χ3v) is 7.89. The lowest BCUT2D eigenvalue weighted by molar-refractivity contribution is 0.0687. The maximum Gasteiger partial charge on any atom is 0.140 e. The van der Waals surface area contributed by atoms with Crippen LogP contribution in [0.15, 0.2) is 101 Å². The van der Waals surface area contributed by atoms with Crippen LogP contribution in [0.3, 0.4) is 0 Å². The first-order chi connectivity index (χ1) is 17.0. The molecule has 0 radical (unpaired) electrons. The van der Waals surface area contributed by atoms with Crippen molar-refractivity contribution in [3.05, 3.63) is 102 Å². The molecule has 0 bridgehead atoms. The molecule has 2 heterocycles. The first-order valence-electron chi connectivity index (χ1n) is 12.8. The van der Waals surface area contributed by atoms with Gasteiger partial charge in [-0.3, -0.25) is 9.98 Å². The van der Waals surface area contributed by atoms with Crippen molar-refractivity contribution in [3.63, 3.8) is 0 Å². The van der Waals surface area contributed by atoms with Crippen molar-refractivity contribution in [2.45, 2.75) is 56.7 Å². The Kier molecular flexibility index (Phi) is 5.37. The molecule has 4 nitrogen and oxygen atoms in total. The molecule has 6 rings (SSSR count). The minimum absolute atomic E-state index is 0.0120. The number of aliphatic hydroxyl groups is 1. The topological polar surface area (TPSA) is 48.2 Å². The summed E-state index contributed by atoms with van der Waals surface area (Å²) < 4.78 is 0. The zero-order valence-electron chi connectivity index (χ0n) is 20.6. The fourth-order valence-corrected chi connectivity index (χ4v) is 6.29. The molecule has 1 N–H and O–H groups in total. The molecule has 1 spiro atoms. The maximum atomic E-state index is 9.79. The first kappa shape index (κ1) is 22.2. The quantitative estimate of drug-likeness (QED) is 0.554. The highest BCUT2D eigenvalue weighted by Gasteiger charge is 2.56. The monoisotopic (exact) mass is 463 g/mol. The van der Waals surface area contributed by atoms with Crippen molar-refractivity contribution in [2.75, 3.05) is 6.61 Å². The number of fused-ring (bicyclic) bond motifs is 2. The highest BCUT2D eigenvalue weighted by Crippen LogP contribution is 2.57. The van der Waals surface area contributed by atoms with E-state index in [4.69, 9.17) is 9.98 Å². The van der Waals surface area contributed by atoms with E-state index in [2.05, 4.69) is 83.8 Å². The molecule has 4 heteroatoms. The van der Waals surface area contributed by atoms with Gasteiger partial charge in [-0.25, -0.2) is 0 Å². The van der Waals surface area contributed by atoms with Gasteiger partial charge in [-0.05, 0) is 62.5 Å². The van der Waals surface area contributed by atoms with E-state index in [1.807, 2.05) is 19.9 Å². The summed E-state index contributed by atoms with van der Waals surface area (Å²) >= 11 is 0. The lowest BCUT2D eigenvalue weighted by Crippen LogP contribution is -2.54. The van der Waals surface area contributed by atoms with Crippen LogP contribution in [0.25, 0.3) is 5.70 Å². The molecule has 178 valence electrons. The van der Waals surface area contributed by atoms with Crippen molar-refractivity contribution in [1.82, 2.24) is 4.90 Å². The smallest absolute Gasteiger partial charge is 0.140 e. The Labute approximate surface area is 208 Å². The van der Waals surface area contributed by atoms with Crippen LogP contribution < -0.4 is 0 Å². The van der Waals surface area contributed by atoms with Crippen LogP contribution in [0.5, 0.6) is 0 Å². The molecule has 1 saturated carbocycles. The molecule has 35 heavy (non-hydrogen) atoms.